The Bertz CT molecular complexity index is 1590. The van der Waals surface area contributed by atoms with Crippen molar-refractivity contribution < 1.29 is 73.8 Å². The average Bonchev–Trinajstić information content (AvgIpc) is 3.41. The van der Waals surface area contributed by atoms with Crippen LogP contribution in [0.1, 0.15) is 206 Å². The van der Waals surface area contributed by atoms with Crippen molar-refractivity contribution in [3.8, 4) is 0 Å². The minimum absolute atomic E-state index is 0.0842. The Balaban J connectivity index is 1.75. The van der Waals surface area contributed by atoms with Gasteiger partial charge in [0.25, 0.3) is 0 Å². The molecule has 0 aliphatic carbocycles. The lowest BCUT2D eigenvalue weighted by Crippen LogP contribution is -2.61. The smallest absolute Gasteiger partial charge is 0.306 e. The highest BCUT2D eigenvalue weighted by Crippen LogP contribution is 2.27. The molecule has 2 fully saturated rings. The van der Waals surface area contributed by atoms with Gasteiger partial charge in [-0.05, 0) is 77.0 Å². The summed E-state index contributed by atoms with van der Waals surface area (Å²) in [4.78, 5) is 25.9. The SMILES string of the molecule is CC/C=C\C/C=C\C/C=C\C/C=C\C/C=C\CCCC(=O)OC(COC(=O)CCCCCCCCCCCCC/C=C\CCCCCCCCCC)COC1OC(COC2OC(CO)C(O)C(O)C2O)C(O)C(O)C1O. The predicted octanol–water partition coefficient (Wildman–Crippen LogP) is 10.2. The molecule has 2 saturated heterocycles. The third-order valence-electron chi connectivity index (χ3n) is 13.7. The van der Waals surface area contributed by atoms with E-state index in [1.165, 1.54) is 109 Å². The van der Waals surface area contributed by atoms with Crippen molar-refractivity contribution in [3.63, 3.8) is 0 Å². The van der Waals surface area contributed by atoms with E-state index in [4.69, 9.17) is 28.4 Å². The highest BCUT2D eigenvalue weighted by atomic mass is 16.7. The normalized spacial score (nSPS) is 24.9. The molecule has 11 atom stereocenters. The van der Waals surface area contributed by atoms with Crippen LogP contribution in [0.3, 0.4) is 0 Å². The Morgan fingerprint density at radius 2 is 0.842 bits per heavy atom. The van der Waals surface area contributed by atoms with Crippen molar-refractivity contribution in [2.24, 2.45) is 0 Å². The summed E-state index contributed by atoms with van der Waals surface area (Å²) >= 11 is 0. The van der Waals surface area contributed by atoms with Gasteiger partial charge < -0.3 is 64.2 Å². The first kappa shape index (κ1) is 69.0. The molecular weight excluding hydrogens is 973 g/mol. The van der Waals surface area contributed by atoms with Crippen molar-refractivity contribution >= 4 is 11.9 Å². The first-order valence-electron chi connectivity index (χ1n) is 29.5. The number of allylic oxidation sites excluding steroid dienone is 12. The lowest BCUT2D eigenvalue weighted by atomic mass is 9.98. The van der Waals surface area contributed by atoms with E-state index in [0.717, 1.165) is 51.4 Å². The molecule has 2 aliphatic heterocycles. The highest BCUT2D eigenvalue weighted by molar-refractivity contribution is 5.70. The number of rotatable bonds is 46. The molecule has 438 valence electrons. The molecule has 76 heavy (non-hydrogen) atoms. The molecule has 0 radical (unpaired) electrons. The molecule has 15 heteroatoms. The fraction of sp³-hybridized carbons (Fsp3) is 0.770. The number of hydrogen-bond acceptors (Lipinski definition) is 15. The van der Waals surface area contributed by atoms with Crippen LogP contribution in [0, 0.1) is 0 Å². The molecule has 7 N–H and O–H groups in total. The molecule has 15 nitrogen and oxygen atoms in total. The number of aliphatic hydroxyl groups is 7. The van der Waals surface area contributed by atoms with Crippen LogP contribution in [-0.4, -0.2) is 142 Å². The van der Waals surface area contributed by atoms with Gasteiger partial charge in [0.05, 0.1) is 19.8 Å². The zero-order chi connectivity index (χ0) is 55.3. The lowest BCUT2D eigenvalue weighted by molar-refractivity contribution is -0.332. The third kappa shape index (κ3) is 33.4. The van der Waals surface area contributed by atoms with Crippen molar-refractivity contribution in [1.82, 2.24) is 0 Å². The van der Waals surface area contributed by atoms with Gasteiger partial charge in [-0.1, -0.05) is 189 Å². The zero-order valence-electron chi connectivity index (χ0n) is 46.7. The van der Waals surface area contributed by atoms with Crippen LogP contribution < -0.4 is 0 Å². The average molecular weight is 1080 g/mol. The predicted molar refractivity (Wildman–Crippen MR) is 298 cm³/mol. The lowest BCUT2D eigenvalue weighted by Gasteiger charge is -2.42. The number of ether oxygens (including phenoxy) is 6. The summed E-state index contributed by atoms with van der Waals surface area (Å²) in [5, 5.41) is 72.3. The topological polar surface area (TPSA) is 231 Å². The van der Waals surface area contributed by atoms with E-state index in [9.17, 15) is 45.3 Å². The van der Waals surface area contributed by atoms with Crippen LogP contribution in [0.4, 0.5) is 0 Å². The number of esters is 2. The van der Waals surface area contributed by atoms with Crippen molar-refractivity contribution in [2.45, 2.75) is 274 Å². The first-order chi connectivity index (χ1) is 37.0. The molecule has 2 heterocycles. The molecule has 0 aromatic heterocycles. The zero-order valence-corrected chi connectivity index (χ0v) is 46.7. The number of carbonyl (C=O) groups is 2. The minimum Gasteiger partial charge on any atom is -0.462 e. The van der Waals surface area contributed by atoms with E-state index in [1.807, 2.05) is 12.2 Å². The standard InChI is InChI=1S/C61H104O15/c1-3-5-7-9-11-13-15-17-19-21-22-23-24-25-26-28-29-31-33-35-37-39-41-43-52(63)71-46-49(74-53(64)44-42-40-38-36-34-32-30-27-20-18-16-14-12-10-8-6-4-2)47-72-60-59(70)57(68)55(66)51(76-60)48-73-61-58(69)56(67)54(65)50(45-62)75-61/h6,8,12,14,18,20-22,30,32,36,38,49-51,54-62,65-70H,3-5,7,9-11,13,15-17,19,23-29,31,33-35,37,39-48H2,1-2H3/b8-6-,14-12-,20-18-,22-21-,32-30-,38-36-. The van der Waals surface area contributed by atoms with E-state index >= 15 is 0 Å². The van der Waals surface area contributed by atoms with Gasteiger partial charge in [-0.3, -0.25) is 9.59 Å². The summed E-state index contributed by atoms with van der Waals surface area (Å²) in [7, 11) is 0. The summed E-state index contributed by atoms with van der Waals surface area (Å²) in [6.45, 7) is 2.43. The molecular formula is C61H104O15. The molecule has 0 saturated carbocycles. The van der Waals surface area contributed by atoms with Crippen LogP contribution in [0.2, 0.25) is 0 Å². The Morgan fingerprint density at radius 3 is 1.36 bits per heavy atom. The summed E-state index contributed by atoms with van der Waals surface area (Å²) < 4.78 is 33.6. The number of hydrogen-bond donors (Lipinski definition) is 7. The molecule has 2 aliphatic rings. The first-order valence-corrected chi connectivity index (χ1v) is 29.5. The number of carbonyl (C=O) groups excluding carboxylic acids is 2. The summed E-state index contributed by atoms with van der Waals surface area (Å²) in [6.07, 6.45) is 40.8. The quantitative estimate of drug-likeness (QED) is 0.0171. The van der Waals surface area contributed by atoms with Gasteiger partial charge in [0.15, 0.2) is 18.7 Å². The molecule has 11 unspecified atom stereocenters. The highest BCUT2D eigenvalue weighted by Gasteiger charge is 2.47. The summed E-state index contributed by atoms with van der Waals surface area (Å²) in [5.74, 6) is -0.994. The Hall–Kier alpha value is -3.06. The minimum atomic E-state index is -1.78. The molecule has 0 spiro atoms. The maximum absolute atomic E-state index is 13.0. The monoisotopic (exact) mass is 1080 g/mol. The third-order valence-corrected chi connectivity index (χ3v) is 13.7. The Kier molecular flexibility index (Phi) is 42.5. The van der Waals surface area contributed by atoms with Gasteiger partial charge in [-0.2, -0.15) is 0 Å². The maximum atomic E-state index is 13.0. The molecule has 0 amide bonds. The maximum Gasteiger partial charge on any atom is 0.306 e. The molecule has 0 bridgehead atoms. The fourth-order valence-corrected chi connectivity index (χ4v) is 8.90. The summed E-state index contributed by atoms with van der Waals surface area (Å²) in [5.41, 5.74) is 0. The van der Waals surface area contributed by atoms with Crippen molar-refractivity contribution in [1.29, 1.82) is 0 Å². The van der Waals surface area contributed by atoms with E-state index in [0.29, 0.717) is 19.3 Å². The summed E-state index contributed by atoms with van der Waals surface area (Å²) in [6, 6.07) is 0. The van der Waals surface area contributed by atoms with E-state index in [2.05, 4.69) is 74.6 Å². The van der Waals surface area contributed by atoms with Crippen molar-refractivity contribution in [2.75, 3.05) is 26.4 Å². The van der Waals surface area contributed by atoms with Gasteiger partial charge in [0.2, 0.25) is 0 Å². The molecule has 0 aromatic carbocycles. The number of aliphatic hydroxyl groups excluding tert-OH is 7. The second-order valence-electron chi connectivity index (χ2n) is 20.4. The van der Waals surface area contributed by atoms with Gasteiger partial charge in [-0.25, -0.2) is 0 Å². The van der Waals surface area contributed by atoms with Gasteiger partial charge in [-0.15, -0.1) is 0 Å². The number of unbranched alkanes of at least 4 members (excludes halogenated alkanes) is 20. The van der Waals surface area contributed by atoms with Crippen LogP contribution in [-0.2, 0) is 38.0 Å². The van der Waals surface area contributed by atoms with Crippen LogP contribution >= 0.6 is 0 Å². The second kappa shape index (κ2) is 46.8. The van der Waals surface area contributed by atoms with Gasteiger partial charge in [0.1, 0.15) is 55.4 Å². The van der Waals surface area contributed by atoms with Gasteiger partial charge >= 0.3 is 11.9 Å². The van der Waals surface area contributed by atoms with E-state index < -0.39 is 99.3 Å². The van der Waals surface area contributed by atoms with Crippen LogP contribution in [0.25, 0.3) is 0 Å². The largest absolute Gasteiger partial charge is 0.462 e. The second-order valence-corrected chi connectivity index (χ2v) is 20.4. The van der Waals surface area contributed by atoms with Crippen LogP contribution in [0.5, 0.6) is 0 Å². The Morgan fingerprint density at radius 1 is 0.434 bits per heavy atom. The van der Waals surface area contributed by atoms with Crippen molar-refractivity contribution in [3.05, 3.63) is 72.9 Å². The van der Waals surface area contributed by atoms with Crippen LogP contribution in [0.15, 0.2) is 72.9 Å². The molecule has 2 rings (SSSR count). The van der Waals surface area contributed by atoms with E-state index in [1.54, 1.807) is 0 Å². The van der Waals surface area contributed by atoms with E-state index in [-0.39, 0.29) is 19.4 Å². The fourth-order valence-electron chi connectivity index (χ4n) is 8.90. The Labute approximate surface area is 457 Å². The van der Waals surface area contributed by atoms with Gasteiger partial charge in [0, 0.05) is 12.8 Å². The molecule has 0 aromatic rings.